The van der Waals surface area contributed by atoms with Crippen molar-refractivity contribution in [3.63, 3.8) is 0 Å². The fourth-order valence-electron chi connectivity index (χ4n) is 2.60. The van der Waals surface area contributed by atoms with Crippen LogP contribution in [0.4, 0.5) is 13.6 Å². The molecule has 1 aromatic carbocycles. The normalized spacial score (nSPS) is 16.1. The van der Waals surface area contributed by atoms with Crippen LogP contribution in [0.25, 0.3) is 0 Å². The predicted octanol–water partition coefficient (Wildman–Crippen LogP) is 1.97. The Morgan fingerprint density at radius 1 is 1.17 bits per heavy atom. The maximum absolute atomic E-state index is 12.4. The van der Waals surface area contributed by atoms with Crippen LogP contribution in [-0.4, -0.2) is 50.9 Å². The van der Waals surface area contributed by atoms with Gasteiger partial charge in [0.2, 0.25) is 0 Å². The number of rotatable bonds is 8. The van der Waals surface area contributed by atoms with Gasteiger partial charge >= 0.3 is 24.6 Å². The molecule has 0 saturated heterocycles. The van der Waals surface area contributed by atoms with Crippen LogP contribution in [0.5, 0.6) is 11.5 Å². The first-order valence-corrected chi connectivity index (χ1v) is 8.54. The lowest BCUT2D eigenvalue weighted by atomic mass is 10.0. The molecule has 0 unspecified atom stereocenters. The molecule has 1 atom stereocenters. The van der Waals surface area contributed by atoms with Crippen LogP contribution in [0.1, 0.15) is 24.2 Å². The largest absolute Gasteiger partial charge is 0.493 e. The maximum atomic E-state index is 12.4. The summed E-state index contributed by atoms with van der Waals surface area (Å²) in [7, 11) is 1.23. The summed E-state index contributed by atoms with van der Waals surface area (Å²) in [6.07, 6.45) is 0. The number of nitrogens with one attached hydrogen (secondary N) is 2. The van der Waals surface area contributed by atoms with Gasteiger partial charge in [0.15, 0.2) is 11.5 Å². The standard InChI is InChI=1S/C18H20F2N2O7/c1-4-27-16(24)14-9(2)21-18(25)22-11(14)8-28-15(23)10-5-6-12(29-17(19)20)13(7-10)26-3/h5-7,9,17H,4,8H2,1-3H3,(H2,21,22,25)/t9-/m1/s1. The molecular formula is C18H20F2N2O7. The fraction of sp³-hybridized carbons (Fsp3) is 0.389. The van der Waals surface area contributed by atoms with Gasteiger partial charge in [-0.1, -0.05) is 0 Å². The van der Waals surface area contributed by atoms with E-state index in [0.717, 1.165) is 6.07 Å². The molecule has 0 bridgehead atoms. The number of alkyl halides is 2. The second-order valence-corrected chi connectivity index (χ2v) is 5.75. The second kappa shape index (κ2) is 9.71. The van der Waals surface area contributed by atoms with Crippen LogP contribution in [0.3, 0.4) is 0 Å². The molecule has 0 fully saturated rings. The monoisotopic (exact) mass is 414 g/mol. The molecule has 158 valence electrons. The van der Waals surface area contributed by atoms with Gasteiger partial charge in [-0.15, -0.1) is 0 Å². The number of esters is 2. The van der Waals surface area contributed by atoms with Gasteiger partial charge in [0.05, 0.1) is 36.6 Å². The minimum Gasteiger partial charge on any atom is -0.493 e. The Kier molecular flexibility index (Phi) is 7.34. The maximum Gasteiger partial charge on any atom is 0.387 e. The Morgan fingerprint density at radius 2 is 1.90 bits per heavy atom. The van der Waals surface area contributed by atoms with Crippen molar-refractivity contribution in [3.05, 3.63) is 35.0 Å². The lowest BCUT2D eigenvalue weighted by molar-refractivity contribution is -0.139. The Hall–Kier alpha value is -3.37. The zero-order valence-electron chi connectivity index (χ0n) is 15.9. The number of ether oxygens (including phenoxy) is 4. The summed E-state index contributed by atoms with van der Waals surface area (Å²) in [5, 5.41) is 4.93. The number of carbonyl (C=O) groups is 3. The van der Waals surface area contributed by atoms with Crippen molar-refractivity contribution in [3.8, 4) is 11.5 Å². The first-order valence-electron chi connectivity index (χ1n) is 8.54. The van der Waals surface area contributed by atoms with Gasteiger partial charge in [-0.3, -0.25) is 0 Å². The predicted molar refractivity (Wildman–Crippen MR) is 94.7 cm³/mol. The van der Waals surface area contributed by atoms with Crippen LogP contribution in [0.2, 0.25) is 0 Å². The number of urea groups is 1. The number of methoxy groups -OCH3 is 1. The Labute approximate surface area is 164 Å². The quantitative estimate of drug-likeness (QED) is 0.626. The highest BCUT2D eigenvalue weighted by Crippen LogP contribution is 2.29. The van der Waals surface area contributed by atoms with Crippen molar-refractivity contribution in [2.75, 3.05) is 20.3 Å². The first-order chi connectivity index (χ1) is 13.8. The van der Waals surface area contributed by atoms with Crippen LogP contribution in [-0.2, 0) is 14.3 Å². The van der Waals surface area contributed by atoms with Gasteiger partial charge in [0.25, 0.3) is 0 Å². The van der Waals surface area contributed by atoms with Crippen LogP contribution < -0.4 is 20.1 Å². The molecular weight excluding hydrogens is 394 g/mol. The second-order valence-electron chi connectivity index (χ2n) is 5.75. The Balaban J connectivity index is 2.18. The lowest BCUT2D eigenvalue weighted by Crippen LogP contribution is -2.50. The summed E-state index contributed by atoms with van der Waals surface area (Å²) in [6, 6.07) is 2.31. The number of benzene rings is 1. The van der Waals surface area contributed by atoms with Crippen LogP contribution >= 0.6 is 0 Å². The molecule has 2 N–H and O–H groups in total. The van der Waals surface area contributed by atoms with Gasteiger partial charge in [-0.25, -0.2) is 14.4 Å². The summed E-state index contributed by atoms with van der Waals surface area (Å²) in [6.45, 7) is -0.127. The van der Waals surface area contributed by atoms with Crippen LogP contribution in [0, 0.1) is 0 Å². The third kappa shape index (κ3) is 5.56. The molecule has 9 nitrogen and oxygen atoms in total. The molecule has 0 radical (unpaired) electrons. The Bertz CT molecular complexity index is 826. The summed E-state index contributed by atoms with van der Waals surface area (Å²) < 4.78 is 44.1. The SMILES string of the molecule is CCOC(=O)C1=C(COC(=O)c2ccc(OC(F)F)c(OC)c2)NC(=O)N[C@@H]1C. The third-order valence-electron chi connectivity index (χ3n) is 3.83. The van der Waals surface area contributed by atoms with E-state index in [1.807, 2.05) is 0 Å². The third-order valence-corrected chi connectivity index (χ3v) is 3.83. The zero-order chi connectivity index (χ0) is 21.6. The molecule has 0 spiro atoms. The smallest absolute Gasteiger partial charge is 0.387 e. The number of carbonyl (C=O) groups excluding carboxylic acids is 3. The number of hydrogen-bond donors (Lipinski definition) is 2. The minimum atomic E-state index is -3.06. The van der Waals surface area contributed by atoms with Crippen molar-refractivity contribution in [2.24, 2.45) is 0 Å². The van der Waals surface area contributed by atoms with Gasteiger partial charge in [-0.2, -0.15) is 8.78 Å². The van der Waals surface area contributed by atoms with E-state index in [1.54, 1.807) is 13.8 Å². The van der Waals surface area contributed by atoms with Gasteiger partial charge in [-0.05, 0) is 32.0 Å². The highest BCUT2D eigenvalue weighted by molar-refractivity contribution is 5.95. The average molecular weight is 414 g/mol. The number of halogens is 2. The molecule has 1 aliphatic heterocycles. The topological polar surface area (TPSA) is 112 Å². The van der Waals surface area contributed by atoms with Gasteiger partial charge < -0.3 is 29.6 Å². The van der Waals surface area contributed by atoms with E-state index in [1.165, 1.54) is 19.2 Å². The van der Waals surface area contributed by atoms with Crippen molar-refractivity contribution < 1.29 is 42.1 Å². The van der Waals surface area contributed by atoms with Crippen LogP contribution in [0.15, 0.2) is 29.5 Å². The molecule has 2 rings (SSSR count). The van der Waals surface area contributed by atoms with E-state index in [2.05, 4.69) is 15.4 Å². The van der Waals surface area contributed by atoms with E-state index in [9.17, 15) is 23.2 Å². The number of hydrogen-bond acceptors (Lipinski definition) is 7. The first kappa shape index (κ1) is 21.9. The van der Waals surface area contributed by atoms with E-state index in [4.69, 9.17) is 14.2 Å². The summed E-state index contributed by atoms with van der Waals surface area (Å²) in [5.74, 6) is -1.82. The highest BCUT2D eigenvalue weighted by atomic mass is 19.3. The molecule has 29 heavy (non-hydrogen) atoms. The lowest BCUT2D eigenvalue weighted by Gasteiger charge is -2.26. The molecule has 0 aromatic heterocycles. The molecule has 0 aliphatic carbocycles. The average Bonchev–Trinajstić information content (AvgIpc) is 2.65. The fourth-order valence-corrected chi connectivity index (χ4v) is 2.60. The minimum absolute atomic E-state index is 0.00457. The van der Waals surface area contributed by atoms with E-state index in [-0.39, 0.29) is 34.9 Å². The van der Waals surface area contributed by atoms with Crippen molar-refractivity contribution >= 4 is 18.0 Å². The van der Waals surface area contributed by atoms with Gasteiger partial charge in [0.1, 0.15) is 6.61 Å². The van der Waals surface area contributed by atoms with Crippen molar-refractivity contribution in [2.45, 2.75) is 26.5 Å². The molecule has 1 heterocycles. The molecule has 2 amide bonds. The number of amides is 2. The van der Waals surface area contributed by atoms with E-state index < -0.39 is 37.2 Å². The van der Waals surface area contributed by atoms with E-state index in [0.29, 0.717) is 0 Å². The molecule has 11 heteroatoms. The summed E-state index contributed by atoms with van der Waals surface area (Å²) in [4.78, 5) is 36.2. The van der Waals surface area contributed by atoms with Gasteiger partial charge in [0, 0.05) is 0 Å². The highest BCUT2D eigenvalue weighted by Gasteiger charge is 2.30. The van der Waals surface area contributed by atoms with E-state index >= 15 is 0 Å². The molecule has 0 saturated carbocycles. The van der Waals surface area contributed by atoms with Crippen molar-refractivity contribution in [1.29, 1.82) is 0 Å². The molecule has 1 aliphatic rings. The Morgan fingerprint density at radius 3 is 2.52 bits per heavy atom. The molecule has 1 aromatic rings. The summed E-state index contributed by atoms with van der Waals surface area (Å²) >= 11 is 0. The summed E-state index contributed by atoms with van der Waals surface area (Å²) in [5.41, 5.74) is 0.199. The van der Waals surface area contributed by atoms with Crippen molar-refractivity contribution in [1.82, 2.24) is 10.6 Å². The zero-order valence-corrected chi connectivity index (χ0v) is 15.9.